The van der Waals surface area contributed by atoms with Gasteiger partial charge < -0.3 is 11.1 Å². The molecule has 1 atom stereocenters. The number of para-hydroxylation sites is 1. The molecule has 18 heavy (non-hydrogen) atoms. The van der Waals surface area contributed by atoms with Crippen molar-refractivity contribution in [1.82, 2.24) is 15.1 Å². The topological polar surface area (TPSA) is 55.9 Å². The molecule has 0 fully saturated rings. The van der Waals surface area contributed by atoms with Gasteiger partial charge in [-0.2, -0.15) is 5.10 Å². The summed E-state index contributed by atoms with van der Waals surface area (Å²) in [6.45, 7) is 3.69. The van der Waals surface area contributed by atoms with Gasteiger partial charge in [0.15, 0.2) is 0 Å². The number of hydrogen-bond donors (Lipinski definition) is 2. The molecule has 0 bridgehead atoms. The van der Waals surface area contributed by atoms with Crippen LogP contribution in [0.2, 0.25) is 0 Å². The van der Waals surface area contributed by atoms with Crippen molar-refractivity contribution in [3.05, 3.63) is 48.3 Å². The maximum absolute atomic E-state index is 5.52. The van der Waals surface area contributed by atoms with E-state index < -0.39 is 0 Å². The maximum atomic E-state index is 5.52. The zero-order valence-electron chi connectivity index (χ0n) is 10.7. The average Bonchev–Trinajstić information content (AvgIpc) is 2.87. The summed E-state index contributed by atoms with van der Waals surface area (Å²) >= 11 is 0. The monoisotopic (exact) mass is 244 g/mol. The highest BCUT2D eigenvalue weighted by Crippen LogP contribution is 2.07. The van der Waals surface area contributed by atoms with Crippen LogP contribution in [0.25, 0.3) is 5.69 Å². The van der Waals surface area contributed by atoms with E-state index in [2.05, 4.69) is 23.5 Å². The van der Waals surface area contributed by atoms with E-state index in [1.807, 2.05) is 41.2 Å². The van der Waals surface area contributed by atoms with Gasteiger partial charge in [0.1, 0.15) is 0 Å². The smallest absolute Gasteiger partial charge is 0.0645 e. The fourth-order valence-corrected chi connectivity index (χ4v) is 1.82. The van der Waals surface area contributed by atoms with Gasteiger partial charge in [0.25, 0.3) is 0 Å². The van der Waals surface area contributed by atoms with Gasteiger partial charge >= 0.3 is 0 Å². The van der Waals surface area contributed by atoms with Crippen LogP contribution in [0.1, 0.15) is 18.9 Å². The average molecular weight is 244 g/mol. The van der Waals surface area contributed by atoms with E-state index in [1.165, 1.54) is 5.56 Å². The predicted molar refractivity (Wildman–Crippen MR) is 73.5 cm³/mol. The minimum absolute atomic E-state index is 0.440. The first kappa shape index (κ1) is 12.8. The molecule has 4 nitrogen and oxygen atoms in total. The molecule has 0 saturated heterocycles. The van der Waals surface area contributed by atoms with Gasteiger partial charge in [0, 0.05) is 24.3 Å². The van der Waals surface area contributed by atoms with Crippen molar-refractivity contribution in [2.75, 3.05) is 6.54 Å². The first-order valence-electron chi connectivity index (χ1n) is 6.32. The molecule has 96 valence electrons. The summed E-state index contributed by atoms with van der Waals surface area (Å²) in [5.74, 6) is 0. The summed E-state index contributed by atoms with van der Waals surface area (Å²) < 4.78 is 1.89. The molecule has 0 saturated carbocycles. The zero-order chi connectivity index (χ0) is 12.8. The lowest BCUT2D eigenvalue weighted by atomic mass is 10.2. The molecule has 0 radical (unpaired) electrons. The molecule has 0 aliphatic heterocycles. The highest BCUT2D eigenvalue weighted by atomic mass is 15.3. The predicted octanol–water partition coefficient (Wildman–Crippen LogP) is 1.70. The van der Waals surface area contributed by atoms with Gasteiger partial charge in [0.2, 0.25) is 0 Å². The number of nitrogens with two attached hydrogens (primary N) is 1. The third kappa shape index (κ3) is 3.42. The van der Waals surface area contributed by atoms with Gasteiger partial charge in [-0.1, -0.05) is 18.2 Å². The number of hydrogen-bond acceptors (Lipinski definition) is 3. The van der Waals surface area contributed by atoms with E-state index in [1.54, 1.807) is 0 Å². The SMILES string of the molecule is CC(CCN)NCc1cnn(-c2ccccc2)c1. The molecule has 4 heteroatoms. The van der Waals surface area contributed by atoms with Crippen molar-refractivity contribution in [2.24, 2.45) is 5.73 Å². The molecule has 1 aromatic carbocycles. The first-order valence-corrected chi connectivity index (χ1v) is 6.32. The van der Waals surface area contributed by atoms with Crippen molar-refractivity contribution in [1.29, 1.82) is 0 Å². The second-order valence-corrected chi connectivity index (χ2v) is 4.49. The molecule has 0 aliphatic carbocycles. The number of benzene rings is 1. The van der Waals surface area contributed by atoms with Crippen molar-refractivity contribution < 1.29 is 0 Å². The van der Waals surface area contributed by atoms with Gasteiger partial charge in [-0.25, -0.2) is 4.68 Å². The van der Waals surface area contributed by atoms with Crippen LogP contribution in [0.15, 0.2) is 42.7 Å². The Bertz CT molecular complexity index is 464. The normalized spacial score (nSPS) is 12.6. The first-order chi connectivity index (χ1) is 8.79. The van der Waals surface area contributed by atoms with Crippen LogP contribution in [0.3, 0.4) is 0 Å². The molecule has 0 aliphatic rings. The molecular formula is C14H20N4. The van der Waals surface area contributed by atoms with Gasteiger partial charge in [0.05, 0.1) is 11.9 Å². The lowest BCUT2D eigenvalue weighted by Gasteiger charge is -2.10. The summed E-state index contributed by atoms with van der Waals surface area (Å²) in [6.07, 6.45) is 4.94. The van der Waals surface area contributed by atoms with Gasteiger partial charge in [-0.3, -0.25) is 0 Å². The zero-order valence-corrected chi connectivity index (χ0v) is 10.7. The maximum Gasteiger partial charge on any atom is 0.0645 e. The third-order valence-corrected chi connectivity index (χ3v) is 2.91. The Labute approximate surface area is 108 Å². The molecule has 0 amide bonds. The Morgan fingerprint density at radius 3 is 2.83 bits per heavy atom. The fourth-order valence-electron chi connectivity index (χ4n) is 1.82. The number of nitrogens with one attached hydrogen (secondary N) is 1. The van der Waals surface area contributed by atoms with Crippen LogP contribution in [0, 0.1) is 0 Å². The third-order valence-electron chi connectivity index (χ3n) is 2.91. The van der Waals surface area contributed by atoms with Crippen molar-refractivity contribution in [3.8, 4) is 5.69 Å². The van der Waals surface area contributed by atoms with Gasteiger partial charge in [-0.05, 0) is 32.0 Å². The van der Waals surface area contributed by atoms with Crippen molar-refractivity contribution in [2.45, 2.75) is 25.9 Å². The van der Waals surface area contributed by atoms with E-state index in [0.29, 0.717) is 6.04 Å². The van der Waals surface area contributed by atoms with E-state index in [4.69, 9.17) is 5.73 Å². The molecule has 1 aromatic heterocycles. The number of nitrogens with zero attached hydrogens (tertiary/aromatic N) is 2. The lowest BCUT2D eigenvalue weighted by molar-refractivity contribution is 0.520. The molecule has 1 unspecified atom stereocenters. The highest BCUT2D eigenvalue weighted by molar-refractivity contribution is 5.30. The quantitative estimate of drug-likeness (QED) is 0.813. The largest absolute Gasteiger partial charge is 0.330 e. The van der Waals surface area contributed by atoms with Crippen LogP contribution in [-0.4, -0.2) is 22.4 Å². The van der Waals surface area contributed by atoms with Crippen molar-refractivity contribution in [3.63, 3.8) is 0 Å². The van der Waals surface area contributed by atoms with Crippen LogP contribution in [-0.2, 0) is 6.54 Å². The van der Waals surface area contributed by atoms with E-state index in [-0.39, 0.29) is 0 Å². The number of aromatic nitrogens is 2. The Balaban J connectivity index is 1.95. The Hall–Kier alpha value is -1.65. The molecule has 2 aromatic rings. The lowest BCUT2D eigenvalue weighted by Crippen LogP contribution is -2.27. The standard InChI is InChI=1S/C14H20N4/c1-12(7-8-15)16-9-13-10-17-18(11-13)14-5-3-2-4-6-14/h2-6,10-12,16H,7-9,15H2,1H3. The summed E-state index contributed by atoms with van der Waals surface area (Å²) in [7, 11) is 0. The van der Waals surface area contributed by atoms with E-state index >= 15 is 0 Å². The van der Waals surface area contributed by atoms with E-state index in [9.17, 15) is 0 Å². The Kier molecular flexibility index (Phi) is 4.50. The minimum atomic E-state index is 0.440. The van der Waals surface area contributed by atoms with Crippen LogP contribution in [0.4, 0.5) is 0 Å². The Morgan fingerprint density at radius 2 is 2.11 bits per heavy atom. The summed E-state index contributed by atoms with van der Waals surface area (Å²) in [4.78, 5) is 0. The molecule has 2 rings (SSSR count). The molecule has 0 spiro atoms. The fraction of sp³-hybridized carbons (Fsp3) is 0.357. The van der Waals surface area contributed by atoms with Crippen molar-refractivity contribution >= 4 is 0 Å². The number of rotatable bonds is 6. The highest BCUT2D eigenvalue weighted by Gasteiger charge is 2.03. The molecule has 3 N–H and O–H groups in total. The minimum Gasteiger partial charge on any atom is -0.330 e. The van der Waals surface area contributed by atoms with Crippen LogP contribution in [0.5, 0.6) is 0 Å². The second kappa shape index (κ2) is 6.33. The molecular weight excluding hydrogens is 224 g/mol. The summed E-state index contributed by atoms with van der Waals surface area (Å²) in [5, 5.41) is 7.79. The van der Waals surface area contributed by atoms with Gasteiger partial charge in [-0.15, -0.1) is 0 Å². The molecule has 1 heterocycles. The second-order valence-electron chi connectivity index (χ2n) is 4.49. The Morgan fingerprint density at radius 1 is 1.33 bits per heavy atom. The summed E-state index contributed by atoms with van der Waals surface area (Å²) in [5.41, 5.74) is 7.79. The van der Waals surface area contributed by atoms with E-state index in [0.717, 1.165) is 25.2 Å². The summed E-state index contributed by atoms with van der Waals surface area (Å²) in [6, 6.07) is 10.6. The van der Waals surface area contributed by atoms with Crippen LogP contribution < -0.4 is 11.1 Å². The van der Waals surface area contributed by atoms with Crippen LogP contribution >= 0.6 is 0 Å².